The maximum absolute atomic E-state index is 12.4. The zero-order chi connectivity index (χ0) is 21.4. The number of hydrogen-bond acceptors (Lipinski definition) is 6. The molecule has 1 aliphatic heterocycles. The van der Waals surface area contributed by atoms with Crippen molar-refractivity contribution in [1.82, 2.24) is 10.2 Å². The van der Waals surface area contributed by atoms with Gasteiger partial charge in [-0.05, 0) is 45.3 Å². The third-order valence-electron chi connectivity index (χ3n) is 4.14. The Kier molecular flexibility index (Phi) is 7.64. The molecule has 1 unspecified atom stereocenters. The highest BCUT2D eigenvalue weighted by molar-refractivity contribution is 5.92. The summed E-state index contributed by atoms with van der Waals surface area (Å²) >= 11 is 0. The first-order valence-corrected chi connectivity index (χ1v) is 9.47. The molecule has 2 rings (SSSR count). The Morgan fingerprint density at radius 1 is 1.21 bits per heavy atom. The maximum Gasteiger partial charge on any atom is 0.412 e. The largest absolute Gasteiger partial charge is 0.464 e. The van der Waals surface area contributed by atoms with Crippen LogP contribution in [0.15, 0.2) is 42.1 Å². The number of nitrogens with one attached hydrogen (secondary N) is 1. The quantitative estimate of drug-likeness (QED) is 0.459. The monoisotopic (exact) mass is 404 g/mol. The lowest BCUT2D eigenvalue weighted by atomic mass is 10.2. The molecule has 8 nitrogen and oxygen atoms in total. The summed E-state index contributed by atoms with van der Waals surface area (Å²) in [5.41, 5.74) is 0.114. The van der Waals surface area contributed by atoms with Crippen LogP contribution in [0.5, 0.6) is 0 Å². The van der Waals surface area contributed by atoms with Gasteiger partial charge in [-0.2, -0.15) is 0 Å². The smallest absolute Gasteiger partial charge is 0.412 e. The van der Waals surface area contributed by atoms with Gasteiger partial charge in [0.1, 0.15) is 17.9 Å². The Morgan fingerprint density at radius 2 is 1.90 bits per heavy atom. The van der Waals surface area contributed by atoms with Crippen molar-refractivity contribution in [3.05, 3.63) is 47.7 Å². The number of carbonyl (C=O) groups is 3. The molecule has 0 spiro atoms. The molecule has 158 valence electrons. The van der Waals surface area contributed by atoms with E-state index in [2.05, 4.69) is 5.32 Å². The van der Waals surface area contributed by atoms with Crippen molar-refractivity contribution < 1.29 is 28.6 Å². The van der Waals surface area contributed by atoms with E-state index in [0.717, 1.165) is 12.0 Å². The molecule has 1 saturated heterocycles. The van der Waals surface area contributed by atoms with Crippen molar-refractivity contribution in [3.63, 3.8) is 0 Å². The fraction of sp³-hybridized carbons (Fsp3) is 0.476. The summed E-state index contributed by atoms with van der Waals surface area (Å²) in [6, 6.07) is 8.78. The van der Waals surface area contributed by atoms with Gasteiger partial charge in [0.2, 0.25) is 0 Å². The number of nitrogens with zero attached hydrogens (tertiary/aromatic N) is 1. The highest BCUT2D eigenvalue weighted by Crippen LogP contribution is 2.22. The summed E-state index contributed by atoms with van der Waals surface area (Å²) in [5, 5.41) is 2.42. The zero-order valence-electron chi connectivity index (χ0n) is 17.3. The molecular formula is C21H28N2O6. The predicted molar refractivity (Wildman–Crippen MR) is 106 cm³/mol. The Labute approximate surface area is 170 Å². The summed E-state index contributed by atoms with van der Waals surface area (Å²) in [4.78, 5) is 38.2. The number of methoxy groups -OCH3 is 1. The van der Waals surface area contributed by atoms with Crippen molar-refractivity contribution >= 4 is 18.2 Å². The summed E-state index contributed by atoms with van der Waals surface area (Å²) in [6.07, 6.45) is 1.65. The van der Waals surface area contributed by atoms with E-state index in [9.17, 15) is 14.4 Å². The number of likely N-dealkylation sites (tertiary alicyclic amines) is 1. The van der Waals surface area contributed by atoms with E-state index in [1.165, 1.54) is 18.1 Å². The Morgan fingerprint density at radius 3 is 2.52 bits per heavy atom. The number of carbonyl (C=O) groups excluding carboxylic acids is 3. The number of hydrogen-bond donors (Lipinski definition) is 1. The lowest BCUT2D eigenvalue weighted by Crippen LogP contribution is -2.40. The third kappa shape index (κ3) is 7.14. The highest BCUT2D eigenvalue weighted by Gasteiger charge is 2.32. The Hall–Kier alpha value is -3.03. The lowest BCUT2D eigenvalue weighted by molar-refractivity contribution is -0.136. The molecule has 0 radical (unpaired) electrons. The molecule has 0 aromatic heterocycles. The van der Waals surface area contributed by atoms with Gasteiger partial charge in [0, 0.05) is 6.54 Å². The molecule has 1 aromatic carbocycles. The van der Waals surface area contributed by atoms with Gasteiger partial charge in [-0.25, -0.2) is 14.4 Å². The second kappa shape index (κ2) is 9.95. The summed E-state index contributed by atoms with van der Waals surface area (Å²) in [5.74, 6) is -0.724. The van der Waals surface area contributed by atoms with Crippen LogP contribution in [0.4, 0.5) is 9.59 Å². The molecule has 1 N–H and O–H groups in total. The highest BCUT2D eigenvalue weighted by atomic mass is 16.6. The summed E-state index contributed by atoms with van der Waals surface area (Å²) in [7, 11) is 1.22. The van der Waals surface area contributed by atoms with E-state index in [4.69, 9.17) is 14.2 Å². The van der Waals surface area contributed by atoms with Gasteiger partial charge < -0.3 is 19.1 Å². The fourth-order valence-corrected chi connectivity index (χ4v) is 2.85. The summed E-state index contributed by atoms with van der Waals surface area (Å²) < 4.78 is 15.3. The second-order valence-corrected chi connectivity index (χ2v) is 7.64. The molecule has 1 heterocycles. The Balaban J connectivity index is 2.06. The SMILES string of the molecule is COC(=O)/C(=C/C1CCCN1C(=O)OC(C)(C)C)NC(=O)OCc1ccccc1. The van der Waals surface area contributed by atoms with Crippen molar-refractivity contribution in [2.45, 2.75) is 51.9 Å². The number of amides is 2. The minimum absolute atomic E-state index is 0.0641. The average molecular weight is 404 g/mol. The minimum atomic E-state index is -0.785. The van der Waals surface area contributed by atoms with Crippen LogP contribution in [0.25, 0.3) is 0 Å². The molecule has 0 saturated carbocycles. The molecule has 1 atom stereocenters. The standard InChI is InChI=1S/C21H28N2O6/c1-21(2,3)29-20(26)23-12-8-11-16(23)13-17(18(24)27-4)22-19(25)28-14-15-9-6-5-7-10-15/h5-7,9-10,13,16H,8,11-12,14H2,1-4H3,(H,22,25)/b17-13-. The van der Waals surface area contributed by atoms with Gasteiger partial charge in [0.25, 0.3) is 0 Å². The number of rotatable bonds is 5. The first-order chi connectivity index (χ1) is 13.7. The fourth-order valence-electron chi connectivity index (χ4n) is 2.85. The molecule has 0 aliphatic carbocycles. The molecular weight excluding hydrogens is 376 g/mol. The van der Waals surface area contributed by atoms with E-state index in [0.29, 0.717) is 13.0 Å². The van der Waals surface area contributed by atoms with Gasteiger partial charge in [-0.1, -0.05) is 30.3 Å². The van der Waals surface area contributed by atoms with E-state index < -0.39 is 29.8 Å². The summed E-state index contributed by atoms with van der Waals surface area (Å²) in [6.45, 7) is 5.93. The van der Waals surface area contributed by atoms with Crippen LogP contribution in [0.3, 0.4) is 0 Å². The van der Waals surface area contributed by atoms with Crippen LogP contribution in [0.1, 0.15) is 39.2 Å². The Bertz CT molecular complexity index is 754. The van der Waals surface area contributed by atoms with Crippen molar-refractivity contribution in [2.75, 3.05) is 13.7 Å². The van der Waals surface area contributed by atoms with E-state index in [1.54, 1.807) is 20.8 Å². The van der Waals surface area contributed by atoms with Gasteiger partial charge in [0.15, 0.2) is 0 Å². The first-order valence-electron chi connectivity index (χ1n) is 9.47. The number of benzene rings is 1. The van der Waals surface area contributed by atoms with Crippen LogP contribution >= 0.6 is 0 Å². The molecule has 1 aliphatic rings. The van der Waals surface area contributed by atoms with Crippen LogP contribution < -0.4 is 5.32 Å². The number of alkyl carbamates (subject to hydrolysis) is 1. The van der Waals surface area contributed by atoms with Crippen LogP contribution in [0, 0.1) is 0 Å². The van der Waals surface area contributed by atoms with E-state index in [1.807, 2.05) is 30.3 Å². The average Bonchev–Trinajstić information content (AvgIpc) is 3.13. The normalized spacial score (nSPS) is 16.9. The maximum atomic E-state index is 12.4. The second-order valence-electron chi connectivity index (χ2n) is 7.64. The van der Waals surface area contributed by atoms with Gasteiger partial charge >= 0.3 is 18.2 Å². The molecule has 8 heteroatoms. The van der Waals surface area contributed by atoms with Crippen LogP contribution in [-0.2, 0) is 25.6 Å². The first kappa shape index (κ1) is 22.3. The van der Waals surface area contributed by atoms with Crippen LogP contribution in [-0.4, -0.2) is 48.4 Å². The molecule has 29 heavy (non-hydrogen) atoms. The van der Waals surface area contributed by atoms with Crippen molar-refractivity contribution in [2.24, 2.45) is 0 Å². The van der Waals surface area contributed by atoms with Gasteiger partial charge in [0.05, 0.1) is 13.2 Å². The molecule has 0 bridgehead atoms. The third-order valence-corrected chi connectivity index (χ3v) is 4.14. The van der Waals surface area contributed by atoms with Crippen LogP contribution in [0.2, 0.25) is 0 Å². The van der Waals surface area contributed by atoms with Crippen molar-refractivity contribution in [1.29, 1.82) is 0 Å². The van der Waals surface area contributed by atoms with E-state index >= 15 is 0 Å². The number of esters is 1. The predicted octanol–water partition coefficient (Wildman–Crippen LogP) is 3.37. The number of ether oxygens (including phenoxy) is 3. The zero-order valence-corrected chi connectivity index (χ0v) is 17.3. The lowest BCUT2D eigenvalue weighted by Gasteiger charge is -2.27. The van der Waals surface area contributed by atoms with Gasteiger partial charge in [-0.3, -0.25) is 5.32 Å². The van der Waals surface area contributed by atoms with Gasteiger partial charge in [-0.15, -0.1) is 0 Å². The minimum Gasteiger partial charge on any atom is -0.464 e. The topological polar surface area (TPSA) is 94.2 Å². The molecule has 1 fully saturated rings. The van der Waals surface area contributed by atoms with Crippen molar-refractivity contribution in [3.8, 4) is 0 Å². The van der Waals surface area contributed by atoms with E-state index in [-0.39, 0.29) is 12.3 Å². The molecule has 2 amide bonds. The molecule has 1 aromatic rings.